The highest BCUT2D eigenvalue weighted by Gasteiger charge is 2.14. The molecule has 0 aliphatic heterocycles. The summed E-state index contributed by atoms with van der Waals surface area (Å²) in [6, 6.07) is 14.1. The molecule has 2 heterocycles. The van der Waals surface area contributed by atoms with Crippen molar-refractivity contribution in [3.8, 4) is 11.4 Å². The van der Waals surface area contributed by atoms with Crippen LogP contribution >= 0.6 is 0 Å². The smallest absolute Gasteiger partial charge is 0.305 e. The maximum Gasteiger partial charge on any atom is 0.305 e. The van der Waals surface area contributed by atoms with Crippen LogP contribution in [0.5, 0.6) is 0 Å². The summed E-state index contributed by atoms with van der Waals surface area (Å²) in [4.78, 5) is 19.5. The Bertz CT molecular complexity index is 793. The van der Waals surface area contributed by atoms with Gasteiger partial charge in [-0.25, -0.2) is 0 Å². The highest BCUT2D eigenvalue weighted by atomic mass is 16.5. The summed E-state index contributed by atoms with van der Waals surface area (Å²) in [5.41, 5.74) is 4.27. The standard InChI is InChI=1S/C19H20N2O2/c1-2-23-18(22)12-7-9-15-14-8-3-4-10-16(14)21-19(15)17-11-5-6-13-20-17/h3-6,8,10-11,13,21H,2,7,9,12H2,1H3. The first-order valence-electron chi connectivity index (χ1n) is 7.96. The van der Waals surface area contributed by atoms with Crippen LogP contribution < -0.4 is 0 Å². The van der Waals surface area contributed by atoms with Crippen LogP contribution in [0.2, 0.25) is 0 Å². The molecule has 4 heteroatoms. The van der Waals surface area contributed by atoms with Crippen LogP contribution in [0.1, 0.15) is 25.3 Å². The Kier molecular flexibility index (Phi) is 4.71. The van der Waals surface area contributed by atoms with Crippen molar-refractivity contribution in [1.29, 1.82) is 0 Å². The van der Waals surface area contributed by atoms with E-state index < -0.39 is 0 Å². The highest BCUT2D eigenvalue weighted by Crippen LogP contribution is 2.30. The predicted octanol–water partition coefficient (Wildman–Crippen LogP) is 4.12. The molecule has 2 aromatic heterocycles. The van der Waals surface area contributed by atoms with Crippen molar-refractivity contribution in [1.82, 2.24) is 9.97 Å². The number of carbonyl (C=O) groups excluding carboxylic acids is 1. The van der Waals surface area contributed by atoms with Gasteiger partial charge in [0.15, 0.2) is 0 Å². The number of aromatic nitrogens is 2. The number of pyridine rings is 1. The number of ether oxygens (including phenoxy) is 1. The Hall–Kier alpha value is -2.62. The van der Waals surface area contributed by atoms with E-state index in [9.17, 15) is 4.79 Å². The number of nitrogens with one attached hydrogen (secondary N) is 1. The molecular weight excluding hydrogens is 288 g/mol. The zero-order valence-electron chi connectivity index (χ0n) is 13.2. The molecule has 3 aromatic rings. The van der Waals surface area contributed by atoms with Crippen molar-refractivity contribution in [2.24, 2.45) is 0 Å². The van der Waals surface area contributed by atoms with Gasteiger partial charge in [-0.2, -0.15) is 0 Å². The number of hydrogen-bond donors (Lipinski definition) is 1. The van der Waals surface area contributed by atoms with E-state index in [2.05, 4.69) is 22.1 Å². The van der Waals surface area contributed by atoms with E-state index >= 15 is 0 Å². The highest BCUT2D eigenvalue weighted by molar-refractivity contribution is 5.90. The van der Waals surface area contributed by atoms with Gasteiger partial charge in [0.2, 0.25) is 0 Å². The Morgan fingerprint density at radius 3 is 2.78 bits per heavy atom. The number of nitrogens with zero attached hydrogens (tertiary/aromatic N) is 1. The molecule has 118 valence electrons. The molecule has 0 spiro atoms. The van der Waals surface area contributed by atoms with Crippen LogP contribution in [0.25, 0.3) is 22.3 Å². The number of rotatable bonds is 6. The quantitative estimate of drug-likeness (QED) is 0.697. The van der Waals surface area contributed by atoms with Crippen molar-refractivity contribution < 1.29 is 9.53 Å². The third-order valence-electron chi connectivity index (χ3n) is 3.85. The van der Waals surface area contributed by atoms with E-state index in [4.69, 9.17) is 4.74 Å². The van der Waals surface area contributed by atoms with Crippen LogP contribution in [0.4, 0.5) is 0 Å². The monoisotopic (exact) mass is 308 g/mol. The molecule has 4 nitrogen and oxygen atoms in total. The number of esters is 1. The van der Waals surface area contributed by atoms with E-state index in [-0.39, 0.29) is 5.97 Å². The third-order valence-corrected chi connectivity index (χ3v) is 3.85. The average Bonchev–Trinajstić information content (AvgIpc) is 2.95. The summed E-state index contributed by atoms with van der Waals surface area (Å²) in [6.45, 7) is 2.27. The van der Waals surface area contributed by atoms with E-state index in [1.807, 2.05) is 37.3 Å². The van der Waals surface area contributed by atoms with Gasteiger partial charge >= 0.3 is 5.97 Å². The van der Waals surface area contributed by atoms with Crippen LogP contribution in [0.3, 0.4) is 0 Å². The van der Waals surface area contributed by atoms with E-state index in [1.54, 1.807) is 6.20 Å². The number of fused-ring (bicyclic) bond motifs is 1. The van der Waals surface area contributed by atoms with Crippen molar-refractivity contribution in [3.63, 3.8) is 0 Å². The number of para-hydroxylation sites is 1. The van der Waals surface area contributed by atoms with Crippen LogP contribution in [0.15, 0.2) is 48.7 Å². The minimum Gasteiger partial charge on any atom is -0.466 e. The molecule has 0 atom stereocenters. The first-order valence-corrected chi connectivity index (χ1v) is 7.96. The van der Waals surface area contributed by atoms with E-state index in [0.717, 1.165) is 29.7 Å². The van der Waals surface area contributed by atoms with Crippen molar-refractivity contribution in [3.05, 3.63) is 54.2 Å². The molecule has 1 aromatic carbocycles. The van der Waals surface area contributed by atoms with E-state index in [0.29, 0.717) is 13.0 Å². The molecule has 0 saturated carbocycles. The lowest BCUT2D eigenvalue weighted by atomic mass is 10.0. The van der Waals surface area contributed by atoms with Gasteiger partial charge < -0.3 is 9.72 Å². The Balaban J connectivity index is 1.89. The van der Waals surface area contributed by atoms with Crippen LogP contribution in [0, 0.1) is 0 Å². The molecular formula is C19H20N2O2. The second-order valence-corrected chi connectivity index (χ2v) is 5.40. The van der Waals surface area contributed by atoms with Crippen LogP contribution in [-0.4, -0.2) is 22.5 Å². The lowest BCUT2D eigenvalue weighted by molar-refractivity contribution is -0.143. The number of aryl methyl sites for hydroxylation is 1. The second-order valence-electron chi connectivity index (χ2n) is 5.40. The molecule has 1 N–H and O–H groups in total. The average molecular weight is 308 g/mol. The van der Waals surface area contributed by atoms with E-state index in [1.165, 1.54) is 10.9 Å². The first kappa shape index (κ1) is 15.3. The molecule has 0 amide bonds. The minimum atomic E-state index is -0.133. The number of H-pyrrole nitrogens is 1. The molecule has 0 aliphatic rings. The first-order chi connectivity index (χ1) is 11.3. The molecule has 0 fully saturated rings. The molecule has 0 bridgehead atoms. The van der Waals surface area contributed by atoms with Gasteiger partial charge in [-0.1, -0.05) is 24.3 Å². The maximum absolute atomic E-state index is 11.5. The fourth-order valence-electron chi connectivity index (χ4n) is 2.83. The summed E-state index contributed by atoms with van der Waals surface area (Å²) in [6.07, 6.45) is 3.81. The van der Waals surface area contributed by atoms with Gasteiger partial charge in [-0.15, -0.1) is 0 Å². The summed E-state index contributed by atoms with van der Waals surface area (Å²) >= 11 is 0. The molecule has 3 rings (SSSR count). The molecule has 0 unspecified atom stereocenters. The fourth-order valence-corrected chi connectivity index (χ4v) is 2.83. The predicted molar refractivity (Wildman–Crippen MR) is 91.1 cm³/mol. The third kappa shape index (κ3) is 3.42. The molecule has 23 heavy (non-hydrogen) atoms. The largest absolute Gasteiger partial charge is 0.466 e. The molecule has 0 radical (unpaired) electrons. The van der Waals surface area contributed by atoms with Crippen molar-refractivity contribution >= 4 is 16.9 Å². The fraction of sp³-hybridized carbons (Fsp3) is 0.263. The number of benzene rings is 1. The van der Waals surface area contributed by atoms with Crippen molar-refractivity contribution in [2.45, 2.75) is 26.2 Å². The normalized spacial score (nSPS) is 10.8. The lowest BCUT2D eigenvalue weighted by Crippen LogP contribution is -2.04. The summed E-state index contributed by atoms with van der Waals surface area (Å²) in [5, 5.41) is 1.19. The number of hydrogen-bond acceptors (Lipinski definition) is 3. The Labute approximate surface area is 135 Å². The summed E-state index contributed by atoms with van der Waals surface area (Å²) in [7, 11) is 0. The van der Waals surface area contributed by atoms with Crippen molar-refractivity contribution in [2.75, 3.05) is 6.61 Å². The topological polar surface area (TPSA) is 55.0 Å². The summed E-state index contributed by atoms with van der Waals surface area (Å²) in [5.74, 6) is -0.133. The van der Waals surface area contributed by atoms with Gasteiger partial charge in [0.1, 0.15) is 0 Å². The van der Waals surface area contributed by atoms with Gasteiger partial charge in [0, 0.05) is 23.5 Å². The lowest BCUT2D eigenvalue weighted by Gasteiger charge is -2.05. The summed E-state index contributed by atoms with van der Waals surface area (Å²) < 4.78 is 5.00. The second kappa shape index (κ2) is 7.09. The van der Waals surface area contributed by atoms with Gasteiger partial charge in [-0.3, -0.25) is 9.78 Å². The maximum atomic E-state index is 11.5. The van der Waals surface area contributed by atoms with Gasteiger partial charge in [0.25, 0.3) is 0 Å². The Morgan fingerprint density at radius 1 is 1.17 bits per heavy atom. The van der Waals surface area contributed by atoms with Gasteiger partial charge in [-0.05, 0) is 43.5 Å². The Morgan fingerprint density at radius 2 is 2.00 bits per heavy atom. The number of aromatic amines is 1. The SMILES string of the molecule is CCOC(=O)CCCc1c(-c2ccccn2)[nH]c2ccccc12. The zero-order chi connectivity index (χ0) is 16.1. The van der Waals surface area contributed by atoms with Crippen LogP contribution in [-0.2, 0) is 16.0 Å². The molecule has 0 aliphatic carbocycles. The number of carbonyl (C=O) groups is 1. The van der Waals surface area contributed by atoms with Gasteiger partial charge in [0.05, 0.1) is 18.0 Å². The minimum absolute atomic E-state index is 0.133. The molecule has 0 saturated heterocycles. The zero-order valence-corrected chi connectivity index (χ0v) is 13.2.